The Morgan fingerprint density at radius 2 is 2.05 bits per heavy atom. The summed E-state index contributed by atoms with van der Waals surface area (Å²) in [6.07, 6.45) is 3.56. The molecule has 1 aromatic carbocycles. The molecule has 0 unspecified atom stereocenters. The second kappa shape index (κ2) is 5.92. The molecule has 6 heteroatoms. The molecule has 0 saturated carbocycles. The smallest absolute Gasteiger partial charge is 0.290 e. The van der Waals surface area contributed by atoms with Crippen LogP contribution in [0.4, 0.5) is 11.4 Å². The molecule has 0 fully saturated rings. The number of nitrogens with one attached hydrogen (secondary N) is 1. The Kier molecular flexibility index (Phi) is 4.05. The van der Waals surface area contributed by atoms with Crippen molar-refractivity contribution in [1.82, 2.24) is 0 Å². The first-order valence-electron chi connectivity index (χ1n) is 6.00. The lowest BCUT2D eigenvalue weighted by molar-refractivity contribution is -0.684. The SMILES string of the molecule is COc1cc(NC(=O)C[n+]2ccccc2)c(O)cc1N. The van der Waals surface area contributed by atoms with E-state index in [9.17, 15) is 9.90 Å². The predicted molar refractivity (Wildman–Crippen MR) is 74.3 cm³/mol. The van der Waals surface area contributed by atoms with Crippen molar-refractivity contribution >= 4 is 17.3 Å². The zero-order chi connectivity index (χ0) is 14.5. The van der Waals surface area contributed by atoms with Crippen LogP contribution in [0.15, 0.2) is 42.7 Å². The van der Waals surface area contributed by atoms with E-state index >= 15 is 0 Å². The van der Waals surface area contributed by atoms with Gasteiger partial charge in [-0.25, -0.2) is 0 Å². The fraction of sp³-hybridized carbons (Fsp3) is 0.143. The number of nitrogen functional groups attached to an aromatic ring is 1. The summed E-state index contributed by atoms with van der Waals surface area (Å²) in [6, 6.07) is 8.35. The van der Waals surface area contributed by atoms with E-state index in [1.807, 2.05) is 18.2 Å². The Balaban J connectivity index is 2.12. The Labute approximate surface area is 116 Å². The van der Waals surface area contributed by atoms with Gasteiger partial charge in [-0.15, -0.1) is 0 Å². The number of pyridine rings is 1. The fourth-order valence-corrected chi connectivity index (χ4v) is 1.76. The molecule has 20 heavy (non-hydrogen) atoms. The maximum atomic E-state index is 11.9. The van der Waals surface area contributed by atoms with E-state index in [2.05, 4.69) is 5.32 Å². The van der Waals surface area contributed by atoms with Crippen LogP contribution in [-0.2, 0) is 11.3 Å². The van der Waals surface area contributed by atoms with E-state index in [0.29, 0.717) is 11.4 Å². The Morgan fingerprint density at radius 3 is 2.70 bits per heavy atom. The van der Waals surface area contributed by atoms with Crippen LogP contribution in [0.5, 0.6) is 11.5 Å². The van der Waals surface area contributed by atoms with Crippen molar-refractivity contribution in [2.75, 3.05) is 18.2 Å². The number of benzene rings is 1. The minimum Gasteiger partial charge on any atom is -0.506 e. The standard InChI is InChI=1S/C14H15N3O3/c1-20-13-8-11(12(18)7-10(13)15)16-14(19)9-17-5-3-2-4-6-17/h2-8H,9,15H2,1H3,(H-,16,18,19)/p+1. The number of anilines is 2. The average molecular weight is 274 g/mol. The van der Waals surface area contributed by atoms with Gasteiger partial charge in [-0.3, -0.25) is 4.79 Å². The highest BCUT2D eigenvalue weighted by Gasteiger charge is 2.13. The number of carbonyl (C=O) groups is 1. The summed E-state index contributed by atoms with van der Waals surface area (Å²) in [5.74, 6) is 0.0310. The number of phenols is 1. The summed E-state index contributed by atoms with van der Waals surface area (Å²) in [6.45, 7) is 0.146. The van der Waals surface area contributed by atoms with Gasteiger partial charge in [-0.1, -0.05) is 6.07 Å². The van der Waals surface area contributed by atoms with Gasteiger partial charge in [-0.05, 0) is 0 Å². The monoisotopic (exact) mass is 274 g/mol. The number of carbonyl (C=O) groups excluding carboxylic acids is 1. The summed E-state index contributed by atoms with van der Waals surface area (Å²) >= 11 is 0. The van der Waals surface area contributed by atoms with Crippen LogP contribution in [0.25, 0.3) is 0 Å². The predicted octanol–water partition coefficient (Wildman–Crippen LogP) is 0.909. The van der Waals surface area contributed by atoms with Gasteiger partial charge in [0.1, 0.15) is 11.5 Å². The van der Waals surface area contributed by atoms with E-state index in [1.165, 1.54) is 19.2 Å². The lowest BCUT2D eigenvalue weighted by Crippen LogP contribution is -2.39. The summed E-state index contributed by atoms with van der Waals surface area (Å²) in [7, 11) is 1.47. The molecule has 1 heterocycles. The lowest BCUT2D eigenvalue weighted by atomic mass is 10.2. The highest BCUT2D eigenvalue weighted by molar-refractivity contribution is 5.92. The molecule has 1 aromatic heterocycles. The molecule has 0 atom stereocenters. The molecule has 0 bridgehead atoms. The fourth-order valence-electron chi connectivity index (χ4n) is 1.76. The van der Waals surface area contributed by atoms with Crippen LogP contribution in [0.3, 0.4) is 0 Å². The molecule has 1 amide bonds. The van der Waals surface area contributed by atoms with Gasteiger partial charge in [-0.2, -0.15) is 4.57 Å². The first-order valence-corrected chi connectivity index (χ1v) is 6.00. The van der Waals surface area contributed by atoms with Gasteiger partial charge in [0.25, 0.3) is 5.91 Å². The number of amides is 1. The molecule has 2 rings (SSSR count). The summed E-state index contributed by atoms with van der Waals surface area (Å²) in [5.41, 5.74) is 6.22. The first kappa shape index (κ1) is 13.7. The van der Waals surface area contributed by atoms with Gasteiger partial charge in [0, 0.05) is 24.3 Å². The van der Waals surface area contributed by atoms with Gasteiger partial charge < -0.3 is 20.9 Å². The second-order valence-corrected chi connectivity index (χ2v) is 4.21. The molecule has 6 nitrogen and oxygen atoms in total. The van der Waals surface area contributed by atoms with Crippen LogP contribution in [0, 0.1) is 0 Å². The molecule has 0 radical (unpaired) electrons. The van der Waals surface area contributed by atoms with Gasteiger partial charge in [0.15, 0.2) is 12.4 Å². The number of hydrogen-bond acceptors (Lipinski definition) is 4. The molecular weight excluding hydrogens is 258 g/mol. The summed E-state index contributed by atoms with van der Waals surface area (Å²) in [4.78, 5) is 11.9. The van der Waals surface area contributed by atoms with Crippen LogP contribution in [0.2, 0.25) is 0 Å². The molecular formula is C14H16N3O3+. The highest BCUT2D eigenvalue weighted by Crippen LogP contribution is 2.33. The topological polar surface area (TPSA) is 88.5 Å². The van der Waals surface area contributed by atoms with Crippen molar-refractivity contribution in [3.05, 3.63) is 42.7 Å². The number of aromatic hydroxyl groups is 1. The lowest BCUT2D eigenvalue weighted by Gasteiger charge is -2.10. The molecule has 0 saturated heterocycles. The molecule has 2 aromatic rings. The highest BCUT2D eigenvalue weighted by atomic mass is 16.5. The van der Waals surface area contributed by atoms with Crippen LogP contribution in [0.1, 0.15) is 0 Å². The number of rotatable bonds is 4. The minimum atomic E-state index is -0.261. The number of aromatic nitrogens is 1. The van der Waals surface area contributed by atoms with Gasteiger partial charge >= 0.3 is 0 Å². The van der Waals surface area contributed by atoms with Crippen LogP contribution < -0.4 is 20.4 Å². The number of methoxy groups -OCH3 is 1. The van der Waals surface area contributed by atoms with E-state index in [0.717, 1.165) is 0 Å². The third-order valence-corrected chi connectivity index (χ3v) is 2.73. The van der Waals surface area contributed by atoms with Crippen molar-refractivity contribution < 1.29 is 19.2 Å². The minimum absolute atomic E-state index is 0.102. The quantitative estimate of drug-likeness (QED) is 0.439. The summed E-state index contributed by atoms with van der Waals surface area (Å²) < 4.78 is 6.77. The number of nitrogens with two attached hydrogens (primary N) is 1. The van der Waals surface area contributed by atoms with E-state index in [4.69, 9.17) is 10.5 Å². The van der Waals surface area contributed by atoms with Crippen molar-refractivity contribution in [3.63, 3.8) is 0 Å². The van der Waals surface area contributed by atoms with Crippen molar-refractivity contribution in [2.24, 2.45) is 0 Å². The van der Waals surface area contributed by atoms with E-state index < -0.39 is 0 Å². The van der Waals surface area contributed by atoms with Crippen molar-refractivity contribution in [1.29, 1.82) is 0 Å². The van der Waals surface area contributed by atoms with Crippen LogP contribution >= 0.6 is 0 Å². The molecule has 4 N–H and O–H groups in total. The third-order valence-electron chi connectivity index (χ3n) is 2.73. The maximum absolute atomic E-state index is 11.9. The van der Waals surface area contributed by atoms with Crippen molar-refractivity contribution in [3.8, 4) is 11.5 Å². The third kappa shape index (κ3) is 3.17. The zero-order valence-corrected chi connectivity index (χ0v) is 11.0. The second-order valence-electron chi connectivity index (χ2n) is 4.21. The normalized spacial score (nSPS) is 10.1. The maximum Gasteiger partial charge on any atom is 0.290 e. The molecule has 0 aliphatic heterocycles. The van der Waals surface area contributed by atoms with Crippen LogP contribution in [-0.4, -0.2) is 18.1 Å². The number of hydrogen-bond donors (Lipinski definition) is 3. The van der Waals surface area contributed by atoms with E-state index in [1.54, 1.807) is 17.0 Å². The average Bonchev–Trinajstić information content (AvgIpc) is 2.43. The first-order chi connectivity index (χ1) is 9.60. The van der Waals surface area contributed by atoms with Gasteiger partial charge in [0.2, 0.25) is 6.54 Å². The van der Waals surface area contributed by atoms with E-state index in [-0.39, 0.29) is 23.9 Å². The Hall–Kier alpha value is -2.76. The zero-order valence-electron chi connectivity index (χ0n) is 11.0. The number of ether oxygens (including phenoxy) is 1. The molecule has 0 spiro atoms. The summed E-state index contributed by atoms with van der Waals surface area (Å²) in [5, 5.41) is 12.4. The Bertz CT molecular complexity index is 615. The largest absolute Gasteiger partial charge is 0.506 e. The number of nitrogens with zero attached hydrogens (tertiary/aromatic N) is 1. The van der Waals surface area contributed by atoms with Crippen molar-refractivity contribution in [2.45, 2.75) is 6.54 Å². The molecule has 104 valence electrons. The molecule has 0 aliphatic rings. The number of phenolic OH excluding ortho intramolecular Hbond substituents is 1. The van der Waals surface area contributed by atoms with Gasteiger partial charge in [0.05, 0.1) is 18.5 Å². The molecule has 0 aliphatic carbocycles. The Morgan fingerprint density at radius 1 is 1.35 bits per heavy atom.